The average Bonchev–Trinajstić information content (AvgIpc) is 3.87. The van der Waals surface area contributed by atoms with Crippen molar-refractivity contribution in [1.29, 1.82) is 0 Å². The number of nitrogens with one attached hydrogen (secondary N) is 2. The molecule has 0 bridgehead atoms. The standard InChI is InChI=1S/2C23H22F2N6/c2*24-18-5-2-6-19(25)22(18)20-8-7-16-12-28-23(31(16)30-20)29-21-13-27-10-9-17(21)14-3-1-4-15(26)11-14/h2*2,5-10,12-15H,1,3-4,11,26H2,(H,28,29)/t2*14-,15+/m10/s1. The second-order valence-electron chi connectivity index (χ2n) is 15.9. The van der Waals surface area contributed by atoms with Crippen LogP contribution >= 0.6 is 0 Å². The molecule has 316 valence electrons. The van der Waals surface area contributed by atoms with E-state index in [-0.39, 0.29) is 34.6 Å². The highest BCUT2D eigenvalue weighted by molar-refractivity contribution is 5.68. The number of nitrogens with two attached hydrogens (primary N) is 2. The number of nitrogens with zero attached hydrogens (tertiary/aromatic N) is 8. The van der Waals surface area contributed by atoms with Crippen molar-refractivity contribution < 1.29 is 17.6 Å². The molecule has 8 aromatic rings. The van der Waals surface area contributed by atoms with Gasteiger partial charge in [-0.2, -0.15) is 19.2 Å². The number of pyridine rings is 2. The summed E-state index contributed by atoms with van der Waals surface area (Å²) in [4.78, 5) is 17.4. The van der Waals surface area contributed by atoms with E-state index >= 15 is 0 Å². The highest BCUT2D eigenvalue weighted by atomic mass is 19.1. The molecule has 4 atom stereocenters. The zero-order valence-corrected chi connectivity index (χ0v) is 33.6. The lowest BCUT2D eigenvalue weighted by Crippen LogP contribution is -2.27. The fourth-order valence-electron chi connectivity index (χ4n) is 8.68. The molecule has 16 heteroatoms. The Morgan fingerprint density at radius 3 is 1.34 bits per heavy atom. The molecular formula is C46H44F4N12. The Hall–Kier alpha value is -6.78. The predicted molar refractivity (Wildman–Crippen MR) is 230 cm³/mol. The van der Waals surface area contributed by atoms with Gasteiger partial charge >= 0.3 is 0 Å². The van der Waals surface area contributed by atoms with Gasteiger partial charge in [-0.3, -0.25) is 9.97 Å². The van der Waals surface area contributed by atoms with Crippen LogP contribution in [0.25, 0.3) is 33.5 Å². The smallest absolute Gasteiger partial charge is 0.229 e. The van der Waals surface area contributed by atoms with Gasteiger partial charge in [0.15, 0.2) is 0 Å². The summed E-state index contributed by atoms with van der Waals surface area (Å²) in [5.41, 5.74) is 17.8. The van der Waals surface area contributed by atoms with E-state index in [0.29, 0.717) is 34.8 Å². The molecule has 0 aliphatic heterocycles. The third-order valence-electron chi connectivity index (χ3n) is 11.7. The van der Waals surface area contributed by atoms with Crippen molar-refractivity contribution in [3.8, 4) is 22.5 Å². The average molecular weight is 841 g/mol. The van der Waals surface area contributed by atoms with Gasteiger partial charge in [-0.1, -0.05) is 25.0 Å². The number of anilines is 4. The van der Waals surface area contributed by atoms with Crippen molar-refractivity contribution in [2.75, 3.05) is 10.6 Å². The first kappa shape index (κ1) is 40.6. The number of fused-ring (bicyclic) bond motifs is 2. The van der Waals surface area contributed by atoms with Gasteiger partial charge in [0.05, 0.1) is 69.7 Å². The summed E-state index contributed by atoms with van der Waals surface area (Å²) in [5, 5.41) is 15.5. The molecule has 6 N–H and O–H groups in total. The lowest BCUT2D eigenvalue weighted by Gasteiger charge is -2.28. The Kier molecular flexibility index (Phi) is 11.6. The van der Waals surface area contributed by atoms with E-state index in [1.165, 1.54) is 36.4 Å². The number of hydrogen-bond donors (Lipinski definition) is 4. The van der Waals surface area contributed by atoms with Gasteiger partial charge < -0.3 is 22.1 Å². The Bertz CT molecular complexity index is 2630. The maximum absolute atomic E-state index is 14.3. The summed E-state index contributed by atoms with van der Waals surface area (Å²) in [7, 11) is 0. The van der Waals surface area contributed by atoms with Crippen molar-refractivity contribution in [1.82, 2.24) is 39.2 Å². The summed E-state index contributed by atoms with van der Waals surface area (Å²) in [6, 6.07) is 18.6. The minimum atomic E-state index is -0.662. The number of halogens is 4. The second kappa shape index (κ2) is 17.7. The van der Waals surface area contributed by atoms with E-state index in [4.69, 9.17) is 11.5 Å². The van der Waals surface area contributed by atoms with E-state index in [9.17, 15) is 17.6 Å². The van der Waals surface area contributed by atoms with Crippen LogP contribution in [0.5, 0.6) is 0 Å². The minimum Gasteiger partial charge on any atom is -0.328 e. The van der Waals surface area contributed by atoms with Gasteiger partial charge in [-0.15, -0.1) is 0 Å². The van der Waals surface area contributed by atoms with Gasteiger partial charge in [-0.05, 0) is 122 Å². The number of aromatic nitrogens is 8. The molecular weight excluding hydrogens is 797 g/mol. The SMILES string of the molecule is N[C@@H]1CCC[C@H](c2ccncc2Nc2ncc3ccc(-c4c(F)cccc4F)nn23)C1.N[C@H]1CCC[C@@H](c2ccncc2Nc2ncc3ccc(-c4c(F)cccc4F)nn23)C1. The lowest BCUT2D eigenvalue weighted by atomic mass is 9.81. The molecule has 2 saturated carbocycles. The predicted octanol–water partition coefficient (Wildman–Crippen LogP) is 9.60. The highest BCUT2D eigenvalue weighted by Gasteiger charge is 2.25. The first-order valence-corrected chi connectivity index (χ1v) is 20.7. The van der Waals surface area contributed by atoms with Crippen LogP contribution in [0.15, 0.2) is 110 Å². The molecule has 2 fully saturated rings. The molecule has 6 heterocycles. The maximum Gasteiger partial charge on any atom is 0.229 e. The Labute approximate surface area is 354 Å². The molecule has 12 nitrogen and oxygen atoms in total. The van der Waals surface area contributed by atoms with Crippen molar-refractivity contribution >= 4 is 34.3 Å². The van der Waals surface area contributed by atoms with Crippen LogP contribution in [0, 0.1) is 23.3 Å². The van der Waals surface area contributed by atoms with Crippen LogP contribution in [0.2, 0.25) is 0 Å². The van der Waals surface area contributed by atoms with Gasteiger partial charge in [0.25, 0.3) is 0 Å². The molecule has 0 saturated heterocycles. The highest BCUT2D eigenvalue weighted by Crippen LogP contribution is 2.38. The number of benzene rings is 2. The van der Waals surface area contributed by atoms with Crippen LogP contribution in [-0.4, -0.2) is 51.2 Å². The van der Waals surface area contributed by atoms with Crippen molar-refractivity contribution in [2.24, 2.45) is 11.5 Å². The number of rotatable bonds is 8. The largest absolute Gasteiger partial charge is 0.328 e. The molecule has 6 aromatic heterocycles. The van der Waals surface area contributed by atoms with Crippen molar-refractivity contribution in [3.05, 3.63) is 144 Å². The van der Waals surface area contributed by atoms with Crippen LogP contribution in [0.4, 0.5) is 40.8 Å². The number of imidazole rings is 2. The van der Waals surface area contributed by atoms with Gasteiger partial charge in [0, 0.05) is 24.5 Å². The van der Waals surface area contributed by atoms with Crippen molar-refractivity contribution in [2.45, 2.75) is 75.3 Å². The first-order valence-electron chi connectivity index (χ1n) is 20.7. The van der Waals surface area contributed by atoms with Crippen LogP contribution < -0.4 is 22.1 Å². The van der Waals surface area contributed by atoms with Crippen LogP contribution in [-0.2, 0) is 0 Å². The van der Waals surface area contributed by atoms with Gasteiger partial charge in [0.1, 0.15) is 23.3 Å². The van der Waals surface area contributed by atoms with Crippen LogP contribution in [0.1, 0.15) is 74.3 Å². The first-order chi connectivity index (χ1) is 30.2. The maximum atomic E-state index is 14.3. The van der Waals surface area contributed by atoms with E-state index in [2.05, 4.69) is 40.8 Å². The molecule has 0 spiro atoms. The van der Waals surface area contributed by atoms with E-state index in [1.54, 1.807) is 70.5 Å². The molecule has 0 radical (unpaired) electrons. The molecule has 2 aliphatic rings. The second-order valence-corrected chi connectivity index (χ2v) is 15.9. The molecule has 10 rings (SSSR count). The zero-order chi connectivity index (χ0) is 42.7. The normalized spacial score (nSPS) is 18.9. The van der Waals surface area contributed by atoms with E-state index < -0.39 is 23.3 Å². The van der Waals surface area contributed by atoms with Gasteiger partial charge in [-0.25, -0.2) is 27.5 Å². The zero-order valence-electron chi connectivity index (χ0n) is 33.6. The molecule has 0 amide bonds. The summed E-state index contributed by atoms with van der Waals surface area (Å²) in [6.07, 6.45) is 18.7. The van der Waals surface area contributed by atoms with Crippen molar-refractivity contribution in [3.63, 3.8) is 0 Å². The monoisotopic (exact) mass is 840 g/mol. The summed E-state index contributed by atoms with van der Waals surface area (Å²) in [6.45, 7) is 0. The summed E-state index contributed by atoms with van der Waals surface area (Å²) < 4.78 is 60.1. The Morgan fingerprint density at radius 1 is 0.516 bits per heavy atom. The minimum absolute atomic E-state index is 0.165. The topological polar surface area (TPSA) is 162 Å². The fourth-order valence-corrected chi connectivity index (χ4v) is 8.68. The molecule has 2 aromatic carbocycles. The quantitative estimate of drug-likeness (QED) is 0.108. The molecule has 62 heavy (non-hydrogen) atoms. The molecule has 0 unspecified atom stereocenters. The third-order valence-corrected chi connectivity index (χ3v) is 11.7. The fraction of sp³-hybridized carbons (Fsp3) is 0.261. The number of hydrogen-bond acceptors (Lipinski definition) is 10. The Balaban J connectivity index is 0.000000158. The van der Waals surface area contributed by atoms with Crippen LogP contribution in [0.3, 0.4) is 0 Å². The molecule has 2 aliphatic carbocycles. The Morgan fingerprint density at radius 2 is 0.935 bits per heavy atom. The lowest BCUT2D eigenvalue weighted by molar-refractivity contribution is 0.393. The van der Waals surface area contributed by atoms with E-state index in [0.717, 1.165) is 73.9 Å². The third kappa shape index (κ3) is 8.43. The van der Waals surface area contributed by atoms with E-state index in [1.807, 2.05) is 12.1 Å². The summed E-state index contributed by atoms with van der Waals surface area (Å²) in [5.74, 6) is -1.07. The summed E-state index contributed by atoms with van der Waals surface area (Å²) >= 11 is 0. The van der Waals surface area contributed by atoms with Gasteiger partial charge in [0.2, 0.25) is 11.9 Å².